The van der Waals surface area contributed by atoms with E-state index in [-0.39, 0.29) is 17.4 Å². The maximum atomic E-state index is 11.9. The quantitative estimate of drug-likeness (QED) is 0.713. The van der Waals surface area contributed by atoms with E-state index in [1.807, 2.05) is 24.3 Å². The highest BCUT2D eigenvalue weighted by atomic mass is 79.9. The van der Waals surface area contributed by atoms with Crippen LogP contribution in [0.1, 0.15) is 0 Å². The zero-order chi connectivity index (χ0) is 14.5. The minimum absolute atomic E-state index is 0.124. The van der Waals surface area contributed by atoms with E-state index in [0.717, 1.165) is 14.6 Å². The molecule has 2 N–H and O–H groups in total. The van der Waals surface area contributed by atoms with Gasteiger partial charge in [0.05, 0.1) is 11.4 Å². The Balaban J connectivity index is 1.94. The Labute approximate surface area is 138 Å². The summed E-state index contributed by atoms with van der Waals surface area (Å²) >= 11 is 8.05. The second-order valence-electron chi connectivity index (χ2n) is 3.93. The van der Waals surface area contributed by atoms with Gasteiger partial charge < -0.3 is 10.4 Å². The van der Waals surface area contributed by atoms with Gasteiger partial charge in [0, 0.05) is 13.8 Å². The first-order valence-corrected chi connectivity index (χ1v) is 8.29. The molecule has 0 aliphatic rings. The second-order valence-corrected chi connectivity index (χ2v) is 6.72. The summed E-state index contributed by atoms with van der Waals surface area (Å²) in [5, 5.41) is 12.4. The van der Waals surface area contributed by atoms with Gasteiger partial charge in [-0.05, 0) is 46.3 Å². The third kappa shape index (κ3) is 4.26. The van der Waals surface area contributed by atoms with Crippen molar-refractivity contribution in [2.45, 2.75) is 4.90 Å². The molecular formula is C14H11Br2NO2S. The smallest absolute Gasteiger partial charge is 0.234 e. The summed E-state index contributed by atoms with van der Waals surface area (Å²) in [7, 11) is 0. The van der Waals surface area contributed by atoms with Crippen molar-refractivity contribution in [3.63, 3.8) is 0 Å². The lowest BCUT2D eigenvalue weighted by Crippen LogP contribution is -2.14. The van der Waals surface area contributed by atoms with Gasteiger partial charge in [-0.15, -0.1) is 11.8 Å². The van der Waals surface area contributed by atoms with Crippen molar-refractivity contribution < 1.29 is 9.90 Å². The molecular weight excluding hydrogens is 406 g/mol. The molecule has 0 fully saturated rings. The van der Waals surface area contributed by atoms with Crippen LogP contribution in [0, 0.1) is 0 Å². The average molecular weight is 417 g/mol. The van der Waals surface area contributed by atoms with E-state index in [4.69, 9.17) is 0 Å². The number of anilines is 1. The van der Waals surface area contributed by atoms with Gasteiger partial charge in [-0.3, -0.25) is 4.79 Å². The minimum Gasteiger partial charge on any atom is -0.507 e. The Morgan fingerprint density at radius 2 is 1.95 bits per heavy atom. The van der Waals surface area contributed by atoms with Gasteiger partial charge in [-0.25, -0.2) is 0 Å². The molecule has 2 rings (SSSR count). The number of hydrogen-bond donors (Lipinski definition) is 2. The molecule has 104 valence electrons. The summed E-state index contributed by atoms with van der Waals surface area (Å²) in [6, 6.07) is 12.5. The van der Waals surface area contributed by atoms with Gasteiger partial charge >= 0.3 is 0 Å². The summed E-state index contributed by atoms with van der Waals surface area (Å²) in [6.07, 6.45) is 0. The Bertz CT molecular complexity index is 634. The van der Waals surface area contributed by atoms with Crippen LogP contribution in [-0.4, -0.2) is 16.8 Å². The number of hydrogen-bond acceptors (Lipinski definition) is 3. The van der Waals surface area contributed by atoms with Crippen molar-refractivity contribution in [2.24, 2.45) is 0 Å². The van der Waals surface area contributed by atoms with E-state index < -0.39 is 0 Å². The van der Waals surface area contributed by atoms with Crippen LogP contribution in [0.4, 0.5) is 5.69 Å². The second kappa shape index (κ2) is 7.15. The van der Waals surface area contributed by atoms with Crippen molar-refractivity contribution in [1.82, 2.24) is 0 Å². The first kappa shape index (κ1) is 15.4. The number of phenolic OH excluding ortho intramolecular Hbond substituents is 1. The van der Waals surface area contributed by atoms with Crippen molar-refractivity contribution in [2.75, 3.05) is 11.1 Å². The van der Waals surface area contributed by atoms with Gasteiger partial charge in [0.1, 0.15) is 5.75 Å². The monoisotopic (exact) mass is 415 g/mol. The topological polar surface area (TPSA) is 49.3 Å². The van der Waals surface area contributed by atoms with Crippen LogP contribution >= 0.6 is 43.6 Å². The molecule has 2 aromatic rings. The number of nitrogens with one attached hydrogen (secondary N) is 1. The van der Waals surface area contributed by atoms with Crippen molar-refractivity contribution in [3.05, 3.63) is 51.4 Å². The lowest BCUT2D eigenvalue weighted by Gasteiger charge is -2.08. The van der Waals surface area contributed by atoms with Gasteiger partial charge in [0.25, 0.3) is 0 Å². The number of benzene rings is 2. The van der Waals surface area contributed by atoms with Crippen LogP contribution in [0.15, 0.2) is 56.3 Å². The molecule has 0 aliphatic carbocycles. The fraction of sp³-hybridized carbons (Fsp3) is 0.0714. The number of rotatable bonds is 4. The number of para-hydroxylation sites is 1. The van der Waals surface area contributed by atoms with Crippen LogP contribution < -0.4 is 5.32 Å². The molecule has 2 aromatic carbocycles. The molecule has 0 saturated heterocycles. The Hall–Kier alpha value is -0.980. The highest BCUT2D eigenvalue weighted by Gasteiger charge is 2.08. The van der Waals surface area contributed by atoms with E-state index in [9.17, 15) is 9.90 Å². The van der Waals surface area contributed by atoms with E-state index in [0.29, 0.717) is 4.90 Å². The Morgan fingerprint density at radius 3 is 2.65 bits per heavy atom. The molecule has 3 nitrogen and oxygen atoms in total. The number of amides is 1. The van der Waals surface area contributed by atoms with Gasteiger partial charge in [-0.2, -0.15) is 0 Å². The van der Waals surface area contributed by atoms with Crippen molar-refractivity contribution in [1.29, 1.82) is 0 Å². The molecule has 6 heteroatoms. The Morgan fingerprint density at radius 1 is 1.20 bits per heavy atom. The summed E-state index contributed by atoms with van der Waals surface area (Å²) in [4.78, 5) is 12.6. The number of halogens is 2. The van der Waals surface area contributed by atoms with E-state index in [1.165, 1.54) is 11.8 Å². The lowest BCUT2D eigenvalue weighted by molar-refractivity contribution is -0.113. The lowest BCUT2D eigenvalue weighted by atomic mass is 10.3. The fourth-order valence-electron chi connectivity index (χ4n) is 1.50. The minimum atomic E-state index is -0.124. The fourth-order valence-corrected chi connectivity index (χ4v) is 3.40. The summed E-state index contributed by atoms with van der Waals surface area (Å²) in [5.41, 5.74) is 0.719. The van der Waals surface area contributed by atoms with E-state index >= 15 is 0 Å². The van der Waals surface area contributed by atoms with Crippen LogP contribution in [0.3, 0.4) is 0 Å². The SMILES string of the molecule is O=C(CSc1ccccc1O)Nc1ccc(Br)cc1Br. The normalized spacial score (nSPS) is 10.3. The first-order chi connectivity index (χ1) is 9.56. The number of carbonyl (C=O) groups excluding carboxylic acids is 1. The first-order valence-electron chi connectivity index (χ1n) is 5.72. The molecule has 0 aliphatic heterocycles. The van der Waals surface area contributed by atoms with Crippen LogP contribution in [0.25, 0.3) is 0 Å². The third-order valence-corrected chi connectivity index (χ3v) is 4.64. The van der Waals surface area contributed by atoms with Crippen molar-refractivity contribution >= 4 is 55.2 Å². The largest absolute Gasteiger partial charge is 0.507 e. The number of thioether (sulfide) groups is 1. The summed E-state index contributed by atoms with van der Waals surface area (Å²) in [6.45, 7) is 0. The maximum Gasteiger partial charge on any atom is 0.234 e. The van der Waals surface area contributed by atoms with Gasteiger partial charge in [0.15, 0.2) is 0 Å². The molecule has 0 unspecified atom stereocenters. The Kier molecular flexibility index (Phi) is 5.51. The van der Waals surface area contributed by atoms with E-state index in [1.54, 1.807) is 18.2 Å². The zero-order valence-electron chi connectivity index (χ0n) is 10.3. The molecule has 0 heterocycles. The zero-order valence-corrected chi connectivity index (χ0v) is 14.3. The molecule has 0 spiro atoms. The summed E-state index contributed by atoms with van der Waals surface area (Å²) < 4.78 is 1.75. The number of carbonyl (C=O) groups is 1. The highest BCUT2D eigenvalue weighted by Crippen LogP contribution is 2.29. The average Bonchev–Trinajstić information content (AvgIpc) is 2.41. The summed E-state index contributed by atoms with van der Waals surface area (Å²) in [5.74, 6) is 0.302. The number of aromatic hydroxyl groups is 1. The molecule has 0 aromatic heterocycles. The predicted molar refractivity (Wildman–Crippen MR) is 89.3 cm³/mol. The predicted octanol–water partition coefficient (Wildman–Crippen LogP) is 4.65. The molecule has 0 saturated carbocycles. The van der Waals surface area contributed by atoms with Crippen LogP contribution in [-0.2, 0) is 4.79 Å². The van der Waals surface area contributed by atoms with Crippen molar-refractivity contribution in [3.8, 4) is 5.75 Å². The third-order valence-electron chi connectivity index (χ3n) is 2.43. The van der Waals surface area contributed by atoms with Crippen LogP contribution in [0.2, 0.25) is 0 Å². The maximum absolute atomic E-state index is 11.9. The standard InChI is InChI=1S/C14H11Br2NO2S/c15-9-5-6-11(10(16)7-9)17-14(19)8-20-13-4-2-1-3-12(13)18/h1-7,18H,8H2,(H,17,19). The van der Waals surface area contributed by atoms with E-state index in [2.05, 4.69) is 37.2 Å². The van der Waals surface area contributed by atoms with Gasteiger partial charge in [0.2, 0.25) is 5.91 Å². The molecule has 0 atom stereocenters. The van der Waals surface area contributed by atoms with Crippen LogP contribution in [0.5, 0.6) is 5.75 Å². The molecule has 1 amide bonds. The number of phenols is 1. The highest BCUT2D eigenvalue weighted by molar-refractivity contribution is 9.11. The molecule has 0 radical (unpaired) electrons. The molecule has 0 bridgehead atoms. The molecule has 20 heavy (non-hydrogen) atoms. The van der Waals surface area contributed by atoms with Gasteiger partial charge in [-0.1, -0.05) is 28.1 Å².